The van der Waals surface area contributed by atoms with Gasteiger partial charge in [-0.1, -0.05) is 30.3 Å². The first-order valence-electron chi connectivity index (χ1n) is 32.7. The summed E-state index contributed by atoms with van der Waals surface area (Å²) < 4.78 is 62.8. The molecule has 8 N–H and O–H groups in total. The number of ether oxygens (including phenoxy) is 10. The Kier molecular flexibility index (Phi) is 30.3. The van der Waals surface area contributed by atoms with E-state index < -0.39 is 53.0 Å². The average Bonchev–Trinajstić information content (AvgIpc) is 1.64. The monoisotopic (exact) mass is 1400 g/mol. The van der Waals surface area contributed by atoms with Crippen LogP contribution in [0.4, 0.5) is 33.5 Å². The van der Waals surface area contributed by atoms with Crippen molar-refractivity contribution in [1.29, 1.82) is 0 Å². The summed E-state index contributed by atoms with van der Waals surface area (Å²) in [6.45, 7) is 6.99. The lowest BCUT2D eigenvalue weighted by atomic mass is 10.1. The molecule has 8 amide bonds. The summed E-state index contributed by atoms with van der Waals surface area (Å²) >= 11 is 0. The molecule has 0 atom stereocenters. The number of rotatable bonds is 46. The van der Waals surface area contributed by atoms with Crippen LogP contribution in [-0.4, -0.2) is 216 Å². The van der Waals surface area contributed by atoms with Gasteiger partial charge in [-0.2, -0.15) is 0 Å². The molecule has 0 aliphatic heterocycles. The highest BCUT2D eigenvalue weighted by Crippen LogP contribution is 2.39. The minimum Gasteiger partial charge on any atom is -0.491 e. The fourth-order valence-electron chi connectivity index (χ4n) is 9.72. The normalized spacial score (nSPS) is 12.1. The largest absolute Gasteiger partial charge is 0.491 e. The van der Waals surface area contributed by atoms with Crippen molar-refractivity contribution in [3.8, 4) is 5.75 Å². The van der Waals surface area contributed by atoms with Gasteiger partial charge in [-0.3, -0.25) is 38.9 Å². The minimum absolute atomic E-state index is 0.0221. The van der Waals surface area contributed by atoms with Crippen molar-refractivity contribution in [2.24, 2.45) is 35.2 Å². The van der Waals surface area contributed by atoms with Crippen LogP contribution in [0.25, 0.3) is 0 Å². The molecular formula is C67H88N16O18. The molecule has 0 unspecified atom stereocenters. The summed E-state index contributed by atoms with van der Waals surface area (Å²) in [5.74, 6) is -2.23. The minimum atomic E-state index is -0.817. The van der Waals surface area contributed by atoms with Crippen molar-refractivity contribution in [1.82, 2.24) is 53.7 Å². The lowest BCUT2D eigenvalue weighted by Crippen LogP contribution is -2.40. The second-order valence-corrected chi connectivity index (χ2v) is 23.1. The molecule has 2 aromatic carbocycles. The molecule has 7 aromatic rings. The van der Waals surface area contributed by atoms with E-state index in [4.69, 9.17) is 47.4 Å². The van der Waals surface area contributed by atoms with Crippen molar-refractivity contribution in [2.75, 3.05) is 152 Å². The summed E-state index contributed by atoms with van der Waals surface area (Å²) in [5.41, 5.74) is 1.82. The number of aromatic nitrogens is 8. The summed E-state index contributed by atoms with van der Waals surface area (Å²) in [7, 11) is 8.16. The molecule has 5 aromatic heterocycles. The zero-order valence-electron chi connectivity index (χ0n) is 57.2. The third kappa shape index (κ3) is 26.0. The van der Waals surface area contributed by atoms with Crippen LogP contribution in [0.1, 0.15) is 84.1 Å². The molecule has 0 bridgehead atoms. The first-order chi connectivity index (χ1) is 48.9. The summed E-state index contributed by atoms with van der Waals surface area (Å²) in [6.07, 6.45) is 9.61. The summed E-state index contributed by atoms with van der Waals surface area (Å²) in [5, 5.41) is 21.9. The summed E-state index contributed by atoms with van der Waals surface area (Å²) in [6, 6.07) is 19.4. The van der Waals surface area contributed by atoms with Crippen LogP contribution in [0.15, 0.2) is 104 Å². The van der Waals surface area contributed by atoms with Gasteiger partial charge >= 0.3 is 6.09 Å². The smallest absolute Gasteiger partial charge is 0.411 e. The number of carbonyl (C=O) groups excluding carboxylic acids is 8. The van der Waals surface area contributed by atoms with E-state index in [9.17, 15) is 38.4 Å². The second-order valence-electron chi connectivity index (χ2n) is 23.1. The van der Waals surface area contributed by atoms with Crippen LogP contribution in [0.5, 0.6) is 5.75 Å². The van der Waals surface area contributed by atoms with Crippen LogP contribution in [0.3, 0.4) is 0 Å². The topological polar surface area (TPSA) is 388 Å². The van der Waals surface area contributed by atoms with Gasteiger partial charge in [0.15, 0.2) is 17.5 Å². The molecule has 0 saturated heterocycles. The van der Waals surface area contributed by atoms with Gasteiger partial charge in [0.05, 0.1) is 124 Å². The first kappa shape index (κ1) is 76.4. The lowest BCUT2D eigenvalue weighted by Gasteiger charge is -2.17. The Bertz CT molecular complexity index is 3820. The highest BCUT2D eigenvalue weighted by atomic mass is 16.6. The van der Waals surface area contributed by atoms with E-state index in [2.05, 4.69) is 57.5 Å². The number of imidazole rings is 3. The van der Waals surface area contributed by atoms with Gasteiger partial charge in [0.25, 0.3) is 29.5 Å². The van der Waals surface area contributed by atoms with E-state index in [0.29, 0.717) is 136 Å². The molecule has 1 saturated carbocycles. The fraction of sp³-hybridized carbons (Fsp3) is 0.448. The average molecular weight is 1410 g/mol. The van der Waals surface area contributed by atoms with Crippen molar-refractivity contribution in [2.45, 2.75) is 37.8 Å². The number of hydrogen-bond acceptors (Lipinski definition) is 21. The van der Waals surface area contributed by atoms with Crippen LogP contribution >= 0.6 is 0 Å². The predicted molar refractivity (Wildman–Crippen MR) is 366 cm³/mol. The number of nitrogens with zero attached hydrogens (tertiary/aromatic N) is 8. The maximum Gasteiger partial charge on any atom is 0.411 e. The van der Waals surface area contributed by atoms with Gasteiger partial charge in [-0.25, -0.2) is 19.7 Å². The van der Waals surface area contributed by atoms with Gasteiger partial charge in [-0.15, -0.1) is 0 Å². The SMILES string of the molecule is Cn1cc(NC(=O)c2nccn2C)cc1C(=O)NCCC(=O)Nc1cn(C)c(C(=O)Nc2cc(C(=O)NC3(CC(=O)Nc4cn(C)c(C(=O)NCCOCCOCCOCCOCCOCCOCCOCCOCCOc5ccc(NC(=O)OCc6ccccc6)cc5)n4)CC3)n(C)c2)n1. The Hall–Kier alpha value is -10.3. The number of amides is 8. The number of anilines is 5. The van der Waals surface area contributed by atoms with Gasteiger partial charge in [-0.05, 0) is 54.8 Å². The van der Waals surface area contributed by atoms with E-state index in [1.54, 1.807) is 82.7 Å². The quantitative estimate of drug-likeness (QED) is 0.0251. The molecule has 1 aliphatic rings. The molecule has 101 heavy (non-hydrogen) atoms. The Morgan fingerprint density at radius 3 is 1.44 bits per heavy atom. The Balaban J connectivity index is 0.576. The zero-order chi connectivity index (χ0) is 71.8. The molecule has 0 spiro atoms. The third-order valence-corrected chi connectivity index (χ3v) is 15.0. The molecule has 34 nitrogen and oxygen atoms in total. The van der Waals surface area contributed by atoms with Gasteiger partial charge in [0.1, 0.15) is 30.4 Å². The number of nitrogens with one attached hydrogen (secondary N) is 8. The number of carbonyl (C=O) groups is 8. The van der Waals surface area contributed by atoms with Crippen LogP contribution in [-0.2, 0) is 94.1 Å². The van der Waals surface area contributed by atoms with Gasteiger partial charge in [0.2, 0.25) is 23.5 Å². The van der Waals surface area contributed by atoms with Gasteiger partial charge in [0, 0.05) is 103 Å². The van der Waals surface area contributed by atoms with Crippen molar-refractivity contribution in [3.05, 3.63) is 138 Å². The van der Waals surface area contributed by atoms with E-state index in [0.717, 1.165) is 5.56 Å². The third-order valence-electron chi connectivity index (χ3n) is 15.0. The van der Waals surface area contributed by atoms with Crippen LogP contribution < -0.4 is 47.3 Å². The van der Waals surface area contributed by atoms with Gasteiger partial charge < -0.3 is 107 Å². The molecule has 34 heteroatoms. The molecule has 0 radical (unpaired) electrons. The maximum absolute atomic E-state index is 13.6. The van der Waals surface area contributed by atoms with Crippen LogP contribution in [0.2, 0.25) is 0 Å². The van der Waals surface area contributed by atoms with Crippen molar-refractivity contribution >= 4 is 76.1 Å². The fourth-order valence-corrected chi connectivity index (χ4v) is 9.72. The van der Waals surface area contributed by atoms with E-state index in [1.165, 1.54) is 49.0 Å². The van der Waals surface area contributed by atoms with Crippen LogP contribution in [0, 0.1) is 0 Å². The van der Waals surface area contributed by atoms with E-state index in [-0.39, 0.29) is 85.3 Å². The summed E-state index contributed by atoms with van der Waals surface area (Å²) in [4.78, 5) is 116. The molecule has 5 heterocycles. The molecular weight excluding hydrogens is 1320 g/mol. The van der Waals surface area contributed by atoms with Crippen molar-refractivity contribution in [3.63, 3.8) is 0 Å². The van der Waals surface area contributed by atoms with E-state index >= 15 is 0 Å². The number of aryl methyl sites for hydroxylation is 5. The van der Waals surface area contributed by atoms with E-state index in [1.807, 2.05) is 30.3 Å². The Labute approximate surface area is 582 Å². The first-order valence-corrected chi connectivity index (χ1v) is 32.7. The predicted octanol–water partition coefficient (Wildman–Crippen LogP) is 3.81. The molecule has 544 valence electrons. The highest BCUT2D eigenvalue weighted by Gasteiger charge is 2.46. The Morgan fingerprint density at radius 1 is 0.446 bits per heavy atom. The Morgan fingerprint density at radius 2 is 0.921 bits per heavy atom. The maximum atomic E-state index is 13.6. The number of benzene rings is 2. The zero-order valence-corrected chi connectivity index (χ0v) is 57.2. The lowest BCUT2D eigenvalue weighted by molar-refractivity contribution is -0.117. The standard InChI is InChI=1S/C67H88N16O18/c1-79-21-19-68-58(79)64(89)71-49-39-52(80(2)42-49)61(86)69-18-15-56(84)74-54-44-83(5)60(77-54)65(90)72-50-40-53(81(3)43-50)62(87)78-67(16-17-67)41-57(85)75-55-45-82(4)59(76-55)63(88)70-20-22-92-23-24-93-25-26-94-27-28-95-29-30-96-31-32-97-33-34-98-35-36-99-37-38-100-51-13-11-48(12-14-51)73-66(91)101-46-47-9-7-6-8-10-47/h6-14,19,21,39-40,42-45H,15-18,20,22-38,41,46H2,1-5H3,(H,69,86)(H,70,88)(H,71,89)(H,72,90)(H,73,91)(H,74,84)(H,75,85)(H,78,87). The second kappa shape index (κ2) is 40.1. The number of hydrogen-bond donors (Lipinski definition) is 8. The molecule has 1 aliphatic carbocycles. The molecule has 8 rings (SSSR count). The molecule has 1 fully saturated rings. The highest BCUT2D eigenvalue weighted by molar-refractivity contribution is 6.05. The van der Waals surface area contributed by atoms with Crippen molar-refractivity contribution < 1.29 is 85.7 Å².